The monoisotopic (exact) mass is 378 g/mol. The van der Waals surface area contributed by atoms with Crippen molar-refractivity contribution in [3.63, 3.8) is 0 Å². The molecule has 3 rings (SSSR count). The van der Waals surface area contributed by atoms with Gasteiger partial charge in [-0.15, -0.1) is 0 Å². The average Bonchev–Trinajstić information content (AvgIpc) is 2.63. The molecule has 0 unspecified atom stereocenters. The van der Waals surface area contributed by atoms with Crippen molar-refractivity contribution < 1.29 is 14.0 Å². The minimum absolute atomic E-state index is 0.0649. The molecule has 0 spiro atoms. The SMILES string of the molecule is CC(=O)Nc1cccc(Nc2ccc(NC(=O)Cc3cccc(F)c3)nc2)c1. The van der Waals surface area contributed by atoms with Crippen LogP contribution in [0.3, 0.4) is 0 Å². The maximum Gasteiger partial charge on any atom is 0.229 e. The minimum atomic E-state index is -0.374. The molecule has 0 aliphatic carbocycles. The number of carbonyl (C=O) groups excluding carboxylic acids is 2. The van der Waals surface area contributed by atoms with Crippen molar-refractivity contribution in [3.05, 3.63) is 78.2 Å². The number of pyridine rings is 1. The number of anilines is 4. The fourth-order valence-electron chi connectivity index (χ4n) is 2.61. The number of amides is 2. The zero-order valence-corrected chi connectivity index (χ0v) is 15.2. The number of halogens is 1. The van der Waals surface area contributed by atoms with Gasteiger partial charge in [0.05, 0.1) is 18.3 Å². The first-order valence-corrected chi connectivity index (χ1v) is 8.63. The zero-order chi connectivity index (χ0) is 19.9. The summed E-state index contributed by atoms with van der Waals surface area (Å²) in [4.78, 5) is 27.4. The van der Waals surface area contributed by atoms with Crippen molar-refractivity contribution in [2.75, 3.05) is 16.0 Å². The van der Waals surface area contributed by atoms with Crippen LogP contribution in [0.4, 0.5) is 27.3 Å². The van der Waals surface area contributed by atoms with E-state index >= 15 is 0 Å². The van der Waals surface area contributed by atoms with Gasteiger partial charge in [-0.1, -0.05) is 18.2 Å². The van der Waals surface area contributed by atoms with Crippen molar-refractivity contribution >= 4 is 34.7 Å². The molecule has 3 aromatic rings. The molecule has 0 atom stereocenters. The van der Waals surface area contributed by atoms with Crippen LogP contribution in [-0.4, -0.2) is 16.8 Å². The molecular formula is C21H19FN4O2. The third kappa shape index (κ3) is 5.63. The molecular weight excluding hydrogens is 359 g/mol. The van der Waals surface area contributed by atoms with Crippen LogP contribution in [0.2, 0.25) is 0 Å². The van der Waals surface area contributed by atoms with E-state index < -0.39 is 0 Å². The van der Waals surface area contributed by atoms with Crippen molar-refractivity contribution in [1.82, 2.24) is 4.98 Å². The number of benzene rings is 2. The molecule has 0 fully saturated rings. The Bertz CT molecular complexity index is 990. The molecule has 0 aliphatic rings. The van der Waals surface area contributed by atoms with Gasteiger partial charge in [0.2, 0.25) is 11.8 Å². The van der Waals surface area contributed by atoms with E-state index in [0.29, 0.717) is 17.1 Å². The van der Waals surface area contributed by atoms with Gasteiger partial charge >= 0.3 is 0 Å². The van der Waals surface area contributed by atoms with Crippen molar-refractivity contribution in [2.45, 2.75) is 13.3 Å². The summed E-state index contributed by atoms with van der Waals surface area (Å²) in [6, 6.07) is 16.6. The van der Waals surface area contributed by atoms with E-state index in [9.17, 15) is 14.0 Å². The number of rotatable bonds is 6. The van der Waals surface area contributed by atoms with E-state index in [4.69, 9.17) is 0 Å². The van der Waals surface area contributed by atoms with Crippen molar-refractivity contribution in [3.8, 4) is 0 Å². The standard InChI is InChI=1S/C21H19FN4O2/c1-14(27)24-17-6-3-7-18(12-17)25-19-8-9-20(23-13-19)26-21(28)11-15-4-2-5-16(22)10-15/h2-10,12-13,25H,11H2,1H3,(H,24,27)(H,23,26,28). The Labute approximate surface area is 161 Å². The van der Waals surface area contributed by atoms with Crippen molar-refractivity contribution in [1.29, 1.82) is 0 Å². The van der Waals surface area contributed by atoms with Crippen LogP contribution >= 0.6 is 0 Å². The lowest BCUT2D eigenvalue weighted by molar-refractivity contribution is -0.116. The summed E-state index contributed by atoms with van der Waals surface area (Å²) in [6.07, 6.45) is 1.65. The second-order valence-corrected chi connectivity index (χ2v) is 6.17. The van der Waals surface area contributed by atoms with E-state index in [1.807, 2.05) is 12.1 Å². The Morgan fingerprint density at radius 1 is 0.929 bits per heavy atom. The van der Waals surface area contributed by atoms with Crippen LogP contribution in [0.15, 0.2) is 66.9 Å². The zero-order valence-electron chi connectivity index (χ0n) is 15.2. The quantitative estimate of drug-likeness (QED) is 0.603. The first-order chi connectivity index (χ1) is 13.5. The van der Waals surface area contributed by atoms with Crippen LogP contribution in [0, 0.1) is 5.82 Å². The first kappa shape index (κ1) is 19.0. The molecule has 2 aromatic carbocycles. The molecule has 3 N–H and O–H groups in total. The third-order valence-electron chi connectivity index (χ3n) is 3.76. The van der Waals surface area contributed by atoms with Crippen LogP contribution in [-0.2, 0) is 16.0 Å². The van der Waals surface area contributed by atoms with Gasteiger partial charge in [-0.25, -0.2) is 9.37 Å². The van der Waals surface area contributed by atoms with E-state index in [2.05, 4.69) is 20.9 Å². The van der Waals surface area contributed by atoms with Gasteiger partial charge in [-0.05, 0) is 48.0 Å². The molecule has 1 heterocycles. The summed E-state index contributed by atoms with van der Waals surface area (Å²) in [5.74, 6) is -0.389. The van der Waals surface area contributed by atoms with Crippen LogP contribution in [0.1, 0.15) is 12.5 Å². The number of nitrogens with zero attached hydrogens (tertiary/aromatic N) is 1. The van der Waals surface area contributed by atoms with Crippen LogP contribution < -0.4 is 16.0 Å². The number of nitrogens with one attached hydrogen (secondary N) is 3. The number of carbonyl (C=O) groups is 2. The highest BCUT2D eigenvalue weighted by atomic mass is 19.1. The Kier molecular flexibility index (Phi) is 5.96. The molecule has 0 bridgehead atoms. The summed E-state index contributed by atoms with van der Waals surface area (Å²) in [5.41, 5.74) is 2.79. The van der Waals surface area contributed by atoms with Gasteiger partial charge in [0, 0.05) is 18.3 Å². The smallest absolute Gasteiger partial charge is 0.229 e. The summed E-state index contributed by atoms with van der Waals surface area (Å²) in [7, 11) is 0. The summed E-state index contributed by atoms with van der Waals surface area (Å²) in [5, 5.41) is 8.58. The predicted octanol–water partition coefficient (Wildman–Crippen LogP) is 4.10. The molecule has 7 heteroatoms. The summed E-state index contributed by atoms with van der Waals surface area (Å²) < 4.78 is 13.2. The molecule has 0 aliphatic heterocycles. The van der Waals surface area contributed by atoms with Gasteiger partial charge in [-0.2, -0.15) is 0 Å². The van der Waals surface area contributed by atoms with E-state index in [-0.39, 0.29) is 24.1 Å². The lowest BCUT2D eigenvalue weighted by Crippen LogP contribution is -2.15. The highest BCUT2D eigenvalue weighted by molar-refractivity contribution is 5.91. The largest absolute Gasteiger partial charge is 0.354 e. The average molecular weight is 378 g/mol. The molecule has 2 amide bonds. The van der Waals surface area contributed by atoms with Gasteiger partial charge in [0.15, 0.2) is 0 Å². The van der Waals surface area contributed by atoms with E-state index in [1.54, 1.807) is 42.6 Å². The highest BCUT2D eigenvalue weighted by Crippen LogP contribution is 2.20. The molecule has 0 radical (unpaired) electrons. The Hall–Kier alpha value is -3.74. The van der Waals surface area contributed by atoms with Crippen LogP contribution in [0.25, 0.3) is 0 Å². The maximum atomic E-state index is 13.2. The topological polar surface area (TPSA) is 83.1 Å². The van der Waals surface area contributed by atoms with E-state index in [1.165, 1.54) is 19.1 Å². The minimum Gasteiger partial charge on any atom is -0.354 e. The fourth-order valence-corrected chi connectivity index (χ4v) is 2.61. The Morgan fingerprint density at radius 2 is 1.71 bits per heavy atom. The fraction of sp³-hybridized carbons (Fsp3) is 0.0952. The first-order valence-electron chi connectivity index (χ1n) is 8.63. The molecule has 1 aromatic heterocycles. The molecule has 142 valence electrons. The van der Waals surface area contributed by atoms with Gasteiger partial charge in [0.1, 0.15) is 11.6 Å². The Balaban J connectivity index is 1.59. The molecule has 0 saturated heterocycles. The van der Waals surface area contributed by atoms with Gasteiger partial charge in [-0.3, -0.25) is 9.59 Å². The Morgan fingerprint density at radius 3 is 2.43 bits per heavy atom. The van der Waals surface area contributed by atoms with Crippen molar-refractivity contribution in [2.24, 2.45) is 0 Å². The summed E-state index contributed by atoms with van der Waals surface area (Å²) >= 11 is 0. The molecule has 28 heavy (non-hydrogen) atoms. The van der Waals surface area contributed by atoms with Crippen LogP contribution in [0.5, 0.6) is 0 Å². The molecule has 0 saturated carbocycles. The summed E-state index contributed by atoms with van der Waals surface area (Å²) in [6.45, 7) is 1.45. The predicted molar refractivity (Wildman–Crippen MR) is 107 cm³/mol. The normalized spacial score (nSPS) is 10.2. The molecule has 6 nitrogen and oxygen atoms in total. The number of hydrogen-bond acceptors (Lipinski definition) is 4. The number of hydrogen-bond donors (Lipinski definition) is 3. The second-order valence-electron chi connectivity index (χ2n) is 6.17. The van der Waals surface area contributed by atoms with Gasteiger partial charge in [0.25, 0.3) is 0 Å². The lowest BCUT2D eigenvalue weighted by Gasteiger charge is -2.10. The number of aromatic nitrogens is 1. The lowest BCUT2D eigenvalue weighted by atomic mass is 10.1. The maximum absolute atomic E-state index is 13.2. The highest BCUT2D eigenvalue weighted by Gasteiger charge is 2.06. The van der Waals surface area contributed by atoms with E-state index in [0.717, 1.165) is 11.4 Å². The van der Waals surface area contributed by atoms with Gasteiger partial charge < -0.3 is 16.0 Å². The second kappa shape index (κ2) is 8.77. The third-order valence-corrected chi connectivity index (χ3v) is 3.76.